The molecule has 0 saturated carbocycles. The molecule has 0 amide bonds. The first kappa shape index (κ1) is 16.1. The Balaban J connectivity index is 1.17. The Labute approximate surface area is 144 Å². The standard InChI is InChI=1S/C19H27N3O2/c23-19-18-14-22(13-17(18)15-24-19)11-8-20-6-9-21(10-7-20)12-16-4-2-1-3-5-16/h1-5,17-18H,6-15H2/t17-,18-/m1/s1. The lowest BCUT2D eigenvalue weighted by Crippen LogP contribution is -2.48. The Hall–Kier alpha value is -1.43. The second-order valence-corrected chi connectivity index (χ2v) is 7.36. The Kier molecular flexibility index (Phi) is 4.83. The molecule has 0 bridgehead atoms. The van der Waals surface area contributed by atoms with E-state index in [2.05, 4.69) is 45.0 Å². The molecule has 1 aromatic carbocycles. The number of nitrogens with zero attached hydrogens (tertiary/aromatic N) is 3. The lowest BCUT2D eigenvalue weighted by atomic mass is 10.0. The van der Waals surface area contributed by atoms with Gasteiger partial charge in [-0.15, -0.1) is 0 Å². The van der Waals surface area contributed by atoms with E-state index in [1.807, 2.05) is 0 Å². The number of hydrogen-bond acceptors (Lipinski definition) is 5. The van der Waals surface area contributed by atoms with Gasteiger partial charge in [0.05, 0.1) is 12.5 Å². The Morgan fingerprint density at radius 3 is 2.38 bits per heavy atom. The zero-order valence-electron chi connectivity index (χ0n) is 14.3. The minimum absolute atomic E-state index is 0.0250. The molecule has 3 saturated heterocycles. The van der Waals surface area contributed by atoms with Crippen LogP contribution in [0.3, 0.4) is 0 Å². The van der Waals surface area contributed by atoms with E-state index in [-0.39, 0.29) is 11.9 Å². The van der Waals surface area contributed by atoms with Gasteiger partial charge < -0.3 is 9.64 Å². The summed E-state index contributed by atoms with van der Waals surface area (Å²) < 4.78 is 5.14. The number of hydrogen-bond donors (Lipinski definition) is 0. The molecule has 2 atom stereocenters. The molecule has 3 fully saturated rings. The number of fused-ring (bicyclic) bond motifs is 1. The molecular formula is C19H27N3O2. The molecule has 0 N–H and O–H groups in total. The average Bonchev–Trinajstić information content (AvgIpc) is 3.17. The first-order valence-electron chi connectivity index (χ1n) is 9.15. The normalized spacial score (nSPS) is 28.9. The topological polar surface area (TPSA) is 36.0 Å². The van der Waals surface area contributed by atoms with Crippen LogP contribution in [0, 0.1) is 11.8 Å². The number of cyclic esters (lactones) is 1. The van der Waals surface area contributed by atoms with Gasteiger partial charge >= 0.3 is 5.97 Å². The van der Waals surface area contributed by atoms with Gasteiger partial charge in [0.15, 0.2) is 0 Å². The van der Waals surface area contributed by atoms with Crippen LogP contribution >= 0.6 is 0 Å². The fourth-order valence-electron chi connectivity index (χ4n) is 4.17. The van der Waals surface area contributed by atoms with Crippen molar-refractivity contribution in [1.82, 2.24) is 14.7 Å². The molecular weight excluding hydrogens is 302 g/mol. The van der Waals surface area contributed by atoms with Gasteiger partial charge in [0.2, 0.25) is 0 Å². The van der Waals surface area contributed by atoms with Crippen LogP contribution in [0.15, 0.2) is 30.3 Å². The third kappa shape index (κ3) is 3.63. The van der Waals surface area contributed by atoms with Crippen molar-refractivity contribution >= 4 is 5.97 Å². The van der Waals surface area contributed by atoms with E-state index in [1.165, 1.54) is 5.56 Å². The maximum Gasteiger partial charge on any atom is 0.310 e. The number of benzene rings is 1. The number of rotatable bonds is 5. The van der Waals surface area contributed by atoms with Crippen molar-refractivity contribution in [2.24, 2.45) is 11.8 Å². The largest absolute Gasteiger partial charge is 0.465 e. The average molecular weight is 329 g/mol. The predicted molar refractivity (Wildman–Crippen MR) is 92.5 cm³/mol. The van der Waals surface area contributed by atoms with Crippen molar-refractivity contribution in [2.45, 2.75) is 6.54 Å². The molecule has 3 heterocycles. The monoisotopic (exact) mass is 329 g/mol. The molecule has 1 aromatic rings. The summed E-state index contributed by atoms with van der Waals surface area (Å²) in [6, 6.07) is 10.7. The summed E-state index contributed by atoms with van der Waals surface area (Å²) in [5.74, 6) is 0.616. The van der Waals surface area contributed by atoms with Crippen LogP contribution in [0.4, 0.5) is 0 Å². The number of piperazine rings is 1. The highest BCUT2D eigenvalue weighted by Crippen LogP contribution is 2.29. The first-order chi connectivity index (χ1) is 11.8. The maximum absolute atomic E-state index is 11.6. The highest BCUT2D eigenvalue weighted by Gasteiger charge is 2.43. The molecule has 130 valence electrons. The Morgan fingerprint density at radius 1 is 0.917 bits per heavy atom. The summed E-state index contributed by atoms with van der Waals surface area (Å²) in [6.07, 6.45) is 0. The number of ether oxygens (including phenoxy) is 1. The number of carbonyl (C=O) groups is 1. The molecule has 0 radical (unpaired) electrons. The van der Waals surface area contributed by atoms with Gasteiger partial charge in [0, 0.05) is 64.8 Å². The molecule has 5 nitrogen and oxygen atoms in total. The lowest BCUT2D eigenvalue weighted by Gasteiger charge is -2.35. The van der Waals surface area contributed by atoms with Crippen LogP contribution in [0.2, 0.25) is 0 Å². The van der Waals surface area contributed by atoms with Crippen LogP contribution in [-0.2, 0) is 16.1 Å². The zero-order valence-corrected chi connectivity index (χ0v) is 14.3. The van der Waals surface area contributed by atoms with E-state index in [0.29, 0.717) is 12.5 Å². The van der Waals surface area contributed by atoms with Crippen LogP contribution < -0.4 is 0 Å². The van der Waals surface area contributed by atoms with Gasteiger partial charge in [0.25, 0.3) is 0 Å². The third-order valence-corrected chi connectivity index (χ3v) is 5.71. The highest BCUT2D eigenvalue weighted by atomic mass is 16.5. The molecule has 0 spiro atoms. The van der Waals surface area contributed by atoms with Gasteiger partial charge in [-0.05, 0) is 5.56 Å². The van der Waals surface area contributed by atoms with E-state index in [4.69, 9.17) is 4.74 Å². The van der Waals surface area contributed by atoms with Crippen LogP contribution in [0.5, 0.6) is 0 Å². The van der Waals surface area contributed by atoms with E-state index in [9.17, 15) is 4.79 Å². The summed E-state index contributed by atoms with van der Waals surface area (Å²) in [7, 11) is 0. The minimum Gasteiger partial charge on any atom is -0.465 e. The first-order valence-corrected chi connectivity index (χ1v) is 9.15. The summed E-state index contributed by atoms with van der Waals surface area (Å²) in [6.45, 7) is 10.4. The number of carbonyl (C=O) groups excluding carboxylic acids is 1. The SMILES string of the molecule is O=C1OC[C@H]2CN(CCN3CCN(Cc4ccccc4)CC3)C[C@@H]12. The fourth-order valence-corrected chi connectivity index (χ4v) is 4.17. The van der Waals surface area contributed by atoms with Crippen LogP contribution in [0.1, 0.15) is 5.56 Å². The quantitative estimate of drug-likeness (QED) is 0.751. The summed E-state index contributed by atoms with van der Waals surface area (Å²) >= 11 is 0. The molecule has 24 heavy (non-hydrogen) atoms. The van der Waals surface area contributed by atoms with Crippen molar-refractivity contribution < 1.29 is 9.53 Å². The van der Waals surface area contributed by atoms with Gasteiger partial charge in [-0.3, -0.25) is 14.6 Å². The summed E-state index contributed by atoms with van der Waals surface area (Å²) in [5, 5.41) is 0. The van der Waals surface area contributed by atoms with Gasteiger partial charge in [-0.25, -0.2) is 0 Å². The van der Waals surface area contributed by atoms with Gasteiger partial charge in [0.1, 0.15) is 0 Å². The molecule has 5 heteroatoms. The van der Waals surface area contributed by atoms with E-state index < -0.39 is 0 Å². The summed E-state index contributed by atoms with van der Waals surface area (Å²) in [4.78, 5) is 19.2. The Morgan fingerprint density at radius 2 is 1.62 bits per heavy atom. The second kappa shape index (κ2) is 7.21. The fraction of sp³-hybridized carbons (Fsp3) is 0.632. The Bertz CT molecular complexity index is 557. The number of likely N-dealkylation sites (tertiary alicyclic amines) is 1. The van der Waals surface area contributed by atoms with Crippen molar-refractivity contribution in [3.8, 4) is 0 Å². The molecule has 3 aliphatic rings. The van der Waals surface area contributed by atoms with E-state index in [0.717, 1.165) is 58.9 Å². The van der Waals surface area contributed by atoms with E-state index >= 15 is 0 Å². The van der Waals surface area contributed by atoms with Crippen molar-refractivity contribution in [3.05, 3.63) is 35.9 Å². The van der Waals surface area contributed by atoms with Crippen molar-refractivity contribution in [2.75, 3.05) is 59.0 Å². The van der Waals surface area contributed by atoms with Crippen molar-refractivity contribution in [1.29, 1.82) is 0 Å². The molecule has 0 aliphatic carbocycles. The van der Waals surface area contributed by atoms with Gasteiger partial charge in [-0.2, -0.15) is 0 Å². The van der Waals surface area contributed by atoms with Crippen molar-refractivity contribution in [3.63, 3.8) is 0 Å². The summed E-state index contributed by atoms with van der Waals surface area (Å²) in [5.41, 5.74) is 1.40. The second-order valence-electron chi connectivity index (χ2n) is 7.36. The molecule has 0 aromatic heterocycles. The smallest absolute Gasteiger partial charge is 0.310 e. The number of esters is 1. The maximum atomic E-state index is 11.6. The lowest BCUT2D eigenvalue weighted by molar-refractivity contribution is -0.141. The van der Waals surface area contributed by atoms with E-state index in [1.54, 1.807) is 0 Å². The molecule has 3 aliphatic heterocycles. The zero-order chi connectivity index (χ0) is 16.4. The van der Waals surface area contributed by atoms with Gasteiger partial charge in [-0.1, -0.05) is 30.3 Å². The minimum atomic E-state index is 0.0250. The van der Waals surface area contributed by atoms with Crippen LogP contribution in [-0.4, -0.2) is 79.6 Å². The highest BCUT2D eigenvalue weighted by molar-refractivity contribution is 5.75. The third-order valence-electron chi connectivity index (χ3n) is 5.71. The van der Waals surface area contributed by atoms with Crippen LogP contribution in [0.25, 0.3) is 0 Å². The molecule has 0 unspecified atom stereocenters. The predicted octanol–water partition coefficient (Wildman–Crippen LogP) is 0.909. The molecule has 4 rings (SSSR count).